The summed E-state index contributed by atoms with van der Waals surface area (Å²) in [4.78, 5) is 15.1. The molecule has 1 heterocycles. The third kappa shape index (κ3) is 2.81. The average molecular weight is 233 g/mol. The van der Waals surface area contributed by atoms with Gasteiger partial charge in [-0.3, -0.25) is 4.79 Å². The normalized spacial score (nSPS) is 10.6. The lowest BCUT2D eigenvalue weighted by Gasteiger charge is -1.78. The van der Waals surface area contributed by atoms with E-state index in [2.05, 4.69) is 20.9 Å². The summed E-state index contributed by atoms with van der Waals surface area (Å²) in [6.45, 7) is 0. The van der Waals surface area contributed by atoms with Gasteiger partial charge in [0.05, 0.1) is 0 Å². The van der Waals surface area contributed by atoms with Crippen molar-refractivity contribution >= 4 is 39.2 Å². The van der Waals surface area contributed by atoms with Crippen LogP contribution in [0.1, 0.15) is 4.88 Å². The number of amides is 1. The van der Waals surface area contributed by atoms with Crippen LogP contribution in [0, 0.1) is 0 Å². The first-order chi connectivity index (χ1) is 5.18. The molecule has 58 valence electrons. The van der Waals surface area contributed by atoms with Gasteiger partial charge in [0.1, 0.15) is 0 Å². The number of primary amides is 1. The zero-order valence-electron chi connectivity index (χ0n) is 5.45. The number of thiazole rings is 1. The maximum atomic E-state index is 10.3. The van der Waals surface area contributed by atoms with E-state index < -0.39 is 5.91 Å². The Bertz CT molecular complexity index is 295. The van der Waals surface area contributed by atoms with Crippen LogP contribution in [-0.4, -0.2) is 10.9 Å². The maximum absolute atomic E-state index is 10.3. The highest BCUT2D eigenvalue weighted by Gasteiger charge is 1.93. The number of carbonyl (C=O) groups excluding carboxylic acids is 1. The van der Waals surface area contributed by atoms with Crippen LogP contribution in [-0.2, 0) is 4.79 Å². The second-order valence-corrected chi connectivity index (χ2v) is 4.09. The van der Waals surface area contributed by atoms with Crippen molar-refractivity contribution in [1.82, 2.24) is 4.98 Å². The van der Waals surface area contributed by atoms with Crippen molar-refractivity contribution in [3.8, 4) is 0 Å². The van der Waals surface area contributed by atoms with E-state index in [9.17, 15) is 4.79 Å². The first kappa shape index (κ1) is 8.42. The van der Waals surface area contributed by atoms with Gasteiger partial charge in [0.25, 0.3) is 0 Å². The van der Waals surface area contributed by atoms with Crippen LogP contribution in [0.3, 0.4) is 0 Å². The third-order valence-electron chi connectivity index (χ3n) is 0.907. The Hall–Kier alpha value is -0.680. The molecule has 2 N–H and O–H groups in total. The Labute approximate surface area is 76.1 Å². The molecule has 3 nitrogen and oxygen atoms in total. The number of hydrogen-bond acceptors (Lipinski definition) is 3. The van der Waals surface area contributed by atoms with Crippen molar-refractivity contribution in [2.24, 2.45) is 5.73 Å². The minimum absolute atomic E-state index is 0.450. The topological polar surface area (TPSA) is 56.0 Å². The summed E-state index contributed by atoms with van der Waals surface area (Å²) in [6, 6.07) is 0. The average Bonchev–Trinajstić information content (AvgIpc) is 2.31. The van der Waals surface area contributed by atoms with Gasteiger partial charge in [0.2, 0.25) is 5.91 Å². The molecule has 0 atom stereocenters. The highest BCUT2D eigenvalue weighted by Crippen LogP contribution is 2.19. The molecule has 0 unspecified atom stereocenters. The highest BCUT2D eigenvalue weighted by molar-refractivity contribution is 9.11. The summed E-state index contributed by atoms with van der Waals surface area (Å²) >= 11 is 4.64. The van der Waals surface area contributed by atoms with Crippen LogP contribution in [0.2, 0.25) is 0 Å². The highest BCUT2D eigenvalue weighted by atomic mass is 79.9. The number of nitrogens with zero attached hydrogens (tertiary/aromatic N) is 1. The van der Waals surface area contributed by atoms with E-state index in [1.165, 1.54) is 17.4 Å². The van der Waals surface area contributed by atoms with Gasteiger partial charge in [-0.15, -0.1) is 11.3 Å². The zero-order chi connectivity index (χ0) is 8.27. The largest absolute Gasteiger partial charge is 0.366 e. The van der Waals surface area contributed by atoms with E-state index in [-0.39, 0.29) is 0 Å². The van der Waals surface area contributed by atoms with Crippen molar-refractivity contribution in [3.05, 3.63) is 21.1 Å². The smallest absolute Gasteiger partial charge is 0.241 e. The number of carbonyl (C=O) groups is 1. The molecule has 0 bridgehead atoms. The van der Waals surface area contributed by atoms with E-state index in [4.69, 9.17) is 5.73 Å². The molecular weight excluding hydrogens is 228 g/mol. The van der Waals surface area contributed by atoms with Crippen LogP contribution in [0.15, 0.2) is 16.2 Å². The Morgan fingerprint density at radius 1 is 1.82 bits per heavy atom. The molecule has 1 aromatic heterocycles. The molecule has 0 radical (unpaired) electrons. The number of nitrogens with two attached hydrogens (primary N) is 1. The SMILES string of the molecule is NC(=O)/C=C/c1cnc(Br)s1. The summed E-state index contributed by atoms with van der Waals surface area (Å²) in [6.07, 6.45) is 4.60. The lowest BCUT2D eigenvalue weighted by molar-refractivity contribution is -0.113. The first-order valence-electron chi connectivity index (χ1n) is 2.77. The van der Waals surface area contributed by atoms with Crippen LogP contribution in [0.5, 0.6) is 0 Å². The zero-order valence-corrected chi connectivity index (χ0v) is 7.85. The molecule has 11 heavy (non-hydrogen) atoms. The number of halogens is 1. The molecule has 1 amide bonds. The fourth-order valence-electron chi connectivity index (χ4n) is 0.506. The van der Waals surface area contributed by atoms with E-state index >= 15 is 0 Å². The van der Waals surface area contributed by atoms with E-state index in [1.807, 2.05) is 0 Å². The number of rotatable bonds is 2. The quantitative estimate of drug-likeness (QED) is 0.785. The predicted molar refractivity (Wildman–Crippen MR) is 48.0 cm³/mol. The second kappa shape index (κ2) is 3.64. The minimum atomic E-state index is -0.450. The maximum Gasteiger partial charge on any atom is 0.241 e. The van der Waals surface area contributed by atoms with E-state index in [0.29, 0.717) is 0 Å². The molecule has 0 aliphatic heterocycles. The standard InChI is InChI=1S/C6H5BrN2OS/c7-6-9-3-4(11-6)1-2-5(8)10/h1-3H,(H2,8,10)/b2-1+. The first-order valence-corrected chi connectivity index (χ1v) is 4.38. The molecule has 0 aromatic carbocycles. The van der Waals surface area contributed by atoms with Crippen LogP contribution in [0.25, 0.3) is 6.08 Å². The Balaban J connectivity index is 2.71. The van der Waals surface area contributed by atoms with Crippen LogP contribution >= 0.6 is 27.3 Å². The van der Waals surface area contributed by atoms with Gasteiger partial charge in [-0.2, -0.15) is 0 Å². The lowest BCUT2D eigenvalue weighted by Crippen LogP contribution is -2.04. The van der Waals surface area contributed by atoms with Gasteiger partial charge < -0.3 is 5.73 Å². The van der Waals surface area contributed by atoms with Crippen LogP contribution < -0.4 is 5.73 Å². The Morgan fingerprint density at radius 3 is 3.00 bits per heavy atom. The van der Waals surface area contributed by atoms with Gasteiger partial charge in [0, 0.05) is 17.2 Å². The Kier molecular flexibility index (Phi) is 2.78. The molecule has 0 spiro atoms. The predicted octanol–water partition coefficient (Wildman–Crippen LogP) is 1.40. The molecule has 1 rings (SSSR count). The Morgan fingerprint density at radius 2 is 2.55 bits per heavy atom. The molecule has 0 fully saturated rings. The molecule has 0 aliphatic rings. The molecule has 0 saturated carbocycles. The van der Waals surface area contributed by atoms with E-state index in [0.717, 1.165) is 8.79 Å². The van der Waals surface area contributed by atoms with E-state index in [1.54, 1.807) is 12.3 Å². The van der Waals surface area contributed by atoms with Crippen molar-refractivity contribution in [1.29, 1.82) is 0 Å². The molecule has 0 saturated heterocycles. The summed E-state index contributed by atoms with van der Waals surface area (Å²) in [7, 11) is 0. The van der Waals surface area contributed by atoms with Crippen molar-refractivity contribution < 1.29 is 4.79 Å². The third-order valence-corrected chi connectivity index (χ3v) is 2.35. The van der Waals surface area contributed by atoms with Gasteiger partial charge in [-0.05, 0) is 22.0 Å². The molecule has 1 aromatic rings. The summed E-state index contributed by atoms with van der Waals surface area (Å²) in [5.74, 6) is -0.450. The summed E-state index contributed by atoms with van der Waals surface area (Å²) in [5.41, 5.74) is 4.89. The van der Waals surface area contributed by atoms with Gasteiger partial charge in [0.15, 0.2) is 3.92 Å². The number of aromatic nitrogens is 1. The second-order valence-electron chi connectivity index (χ2n) is 1.75. The molecular formula is C6H5BrN2OS. The van der Waals surface area contributed by atoms with Crippen LogP contribution in [0.4, 0.5) is 0 Å². The summed E-state index contributed by atoms with van der Waals surface area (Å²) in [5, 5.41) is 0. The minimum Gasteiger partial charge on any atom is -0.366 e. The fourth-order valence-corrected chi connectivity index (χ4v) is 1.71. The van der Waals surface area contributed by atoms with Crippen molar-refractivity contribution in [2.75, 3.05) is 0 Å². The monoisotopic (exact) mass is 232 g/mol. The van der Waals surface area contributed by atoms with Gasteiger partial charge in [-0.25, -0.2) is 4.98 Å². The van der Waals surface area contributed by atoms with Gasteiger partial charge >= 0.3 is 0 Å². The molecule has 5 heteroatoms. The molecule has 0 aliphatic carbocycles. The van der Waals surface area contributed by atoms with Gasteiger partial charge in [-0.1, -0.05) is 0 Å². The lowest BCUT2D eigenvalue weighted by atomic mass is 10.4. The summed E-state index contributed by atoms with van der Waals surface area (Å²) < 4.78 is 0.793. The fraction of sp³-hybridized carbons (Fsp3) is 0. The van der Waals surface area contributed by atoms with Crippen molar-refractivity contribution in [3.63, 3.8) is 0 Å². The number of hydrogen-bond donors (Lipinski definition) is 1. The van der Waals surface area contributed by atoms with Crippen molar-refractivity contribution in [2.45, 2.75) is 0 Å².